The molecule has 2 aromatic carbocycles. The Morgan fingerprint density at radius 1 is 1.08 bits per heavy atom. The van der Waals surface area contributed by atoms with Gasteiger partial charge < -0.3 is 15.4 Å². The van der Waals surface area contributed by atoms with Gasteiger partial charge in [-0.15, -0.1) is 0 Å². The van der Waals surface area contributed by atoms with Gasteiger partial charge in [0.1, 0.15) is 6.04 Å². The first-order valence-corrected chi connectivity index (χ1v) is 8.21. The molecule has 6 nitrogen and oxygen atoms in total. The molecule has 0 aromatic heterocycles. The summed E-state index contributed by atoms with van der Waals surface area (Å²) in [6.45, 7) is 3.37. The van der Waals surface area contributed by atoms with Gasteiger partial charge in [-0.3, -0.25) is 9.59 Å². The number of nitrogens with one attached hydrogen (secondary N) is 2. The van der Waals surface area contributed by atoms with E-state index in [0.717, 1.165) is 11.1 Å². The molecule has 0 saturated heterocycles. The predicted octanol–water partition coefficient (Wildman–Crippen LogP) is 2.47. The smallest absolute Gasteiger partial charge is 0.328 e. The van der Waals surface area contributed by atoms with Crippen LogP contribution < -0.4 is 10.6 Å². The minimum atomic E-state index is -0.788. The van der Waals surface area contributed by atoms with Crippen LogP contribution in [0.1, 0.15) is 28.4 Å². The van der Waals surface area contributed by atoms with Gasteiger partial charge >= 0.3 is 5.97 Å². The highest BCUT2D eigenvalue weighted by atomic mass is 16.5. The number of carbonyl (C=O) groups is 3. The van der Waals surface area contributed by atoms with E-state index in [1.54, 1.807) is 24.3 Å². The molecule has 0 fully saturated rings. The van der Waals surface area contributed by atoms with E-state index in [1.807, 2.05) is 31.2 Å². The molecule has 6 heteroatoms. The van der Waals surface area contributed by atoms with E-state index in [9.17, 15) is 14.4 Å². The number of ether oxygens (including phenoxy) is 1. The Morgan fingerprint density at radius 3 is 2.35 bits per heavy atom. The molecule has 0 aliphatic heterocycles. The van der Waals surface area contributed by atoms with Crippen LogP contribution in [0.3, 0.4) is 0 Å². The Hall–Kier alpha value is -3.15. The number of benzene rings is 2. The third-order valence-corrected chi connectivity index (χ3v) is 3.78. The van der Waals surface area contributed by atoms with E-state index < -0.39 is 12.0 Å². The molecule has 1 atom stereocenters. The summed E-state index contributed by atoms with van der Waals surface area (Å²) in [4.78, 5) is 35.6. The zero-order valence-corrected chi connectivity index (χ0v) is 15.0. The van der Waals surface area contributed by atoms with Gasteiger partial charge in [0.25, 0.3) is 5.91 Å². The van der Waals surface area contributed by atoms with Crippen LogP contribution in [0.2, 0.25) is 0 Å². The van der Waals surface area contributed by atoms with Crippen molar-refractivity contribution in [1.82, 2.24) is 5.32 Å². The fourth-order valence-corrected chi connectivity index (χ4v) is 2.56. The van der Waals surface area contributed by atoms with Crippen molar-refractivity contribution in [3.05, 3.63) is 65.2 Å². The number of carbonyl (C=O) groups excluding carboxylic acids is 3. The fraction of sp³-hybridized carbons (Fsp3) is 0.250. The number of methoxy groups -OCH3 is 1. The summed E-state index contributed by atoms with van der Waals surface area (Å²) >= 11 is 0. The molecule has 0 saturated carbocycles. The molecule has 26 heavy (non-hydrogen) atoms. The molecule has 0 aliphatic rings. The van der Waals surface area contributed by atoms with Crippen LogP contribution in [0.4, 0.5) is 5.69 Å². The van der Waals surface area contributed by atoms with Crippen molar-refractivity contribution in [3.63, 3.8) is 0 Å². The summed E-state index contributed by atoms with van der Waals surface area (Å²) in [6, 6.07) is 13.4. The maximum Gasteiger partial charge on any atom is 0.328 e. The van der Waals surface area contributed by atoms with Gasteiger partial charge in [-0.25, -0.2) is 4.79 Å². The van der Waals surface area contributed by atoms with Crippen LogP contribution in [0.5, 0.6) is 0 Å². The number of hydrogen-bond acceptors (Lipinski definition) is 4. The molecule has 0 aliphatic carbocycles. The average molecular weight is 354 g/mol. The molecule has 2 amide bonds. The Labute approximate surface area is 152 Å². The number of rotatable bonds is 6. The molecular weight excluding hydrogens is 332 g/mol. The fourth-order valence-electron chi connectivity index (χ4n) is 2.56. The molecule has 0 heterocycles. The molecule has 136 valence electrons. The Kier molecular flexibility index (Phi) is 6.49. The summed E-state index contributed by atoms with van der Waals surface area (Å²) in [5, 5.41) is 5.34. The van der Waals surface area contributed by atoms with Crippen LogP contribution in [-0.4, -0.2) is 30.9 Å². The predicted molar refractivity (Wildman–Crippen MR) is 98.9 cm³/mol. The number of hydrogen-bond donors (Lipinski definition) is 2. The van der Waals surface area contributed by atoms with E-state index >= 15 is 0 Å². The largest absolute Gasteiger partial charge is 0.467 e. The van der Waals surface area contributed by atoms with Gasteiger partial charge in [-0.1, -0.05) is 29.8 Å². The minimum absolute atomic E-state index is 0.189. The van der Waals surface area contributed by atoms with Gasteiger partial charge in [-0.2, -0.15) is 0 Å². The highest BCUT2D eigenvalue weighted by molar-refractivity contribution is 5.97. The second-order valence-electron chi connectivity index (χ2n) is 6.00. The summed E-state index contributed by atoms with van der Waals surface area (Å²) < 4.78 is 4.81. The average Bonchev–Trinajstić information content (AvgIpc) is 2.60. The monoisotopic (exact) mass is 354 g/mol. The third-order valence-electron chi connectivity index (χ3n) is 3.78. The van der Waals surface area contributed by atoms with Crippen LogP contribution in [0.15, 0.2) is 48.5 Å². The van der Waals surface area contributed by atoms with Gasteiger partial charge in [-0.05, 0) is 36.8 Å². The van der Waals surface area contributed by atoms with Crippen molar-refractivity contribution < 1.29 is 19.1 Å². The standard InChI is InChI=1S/C20H22N2O4/c1-13-5-4-6-15(11-13)12-18(20(25)26-3)22-19(24)16-7-9-17(10-8-16)21-14(2)23/h4-11,18H,12H2,1-3H3,(H,21,23)(H,22,24)/t18-/m0/s1. The number of anilines is 1. The zero-order chi connectivity index (χ0) is 19.1. The quantitative estimate of drug-likeness (QED) is 0.781. The summed E-state index contributed by atoms with van der Waals surface area (Å²) in [5.41, 5.74) is 2.99. The Morgan fingerprint density at radius 2 is 1.77 bits per heavy atom. The van der Waals surface area contributed by atoms with Crippen LogP contribution in [0.25, 0.3) is 0 Å². The second-order valence-corrected chi connectivity index (χ2v) is 6.00. The molecule has 0 spiro atoms. The minimum Gasteiger partial charge on any atom is -0.467 e. The number of amides is 2. The first-order valence-electron chi connectivity index (χ1n) is 8.21. The molecule has 0 radical (unpaired) electrons. The van der Waals surface area contributed by atoms with Crippen molar-refractivity contribution >= 4 is 23.5 Å². The topological polar surface area (TPSA) is 84.5 Å². The summed E-state index contributed by atoms with van der Waals surface area (Å²) in [6.07, 6.45) is 0.337. The third kappa shape index (κ3) is 5.44. The van der Waals surface area contributed by atoms with Crippen LogP contribution in [-0.2, 0) is 20.7 Å². The lowest BCUT2D eigenvalue weighted by Gasteiger charge is -2.17. The van der Waals surface area contributed by atoms with E-state index in [2.05, 4.69) is 10.6 Å². The van der Waals surface area contributed by atoms with Crippen molar-refractivity contribution in [2.45, 2.75) is 26.3 Å². The SMILES string of the molecule is COC(=O)[C@H](Cc1cccc(C)c1)NC(=O)c1ccc(NC(C)=O)cc1. The van der Waals surface area contributed by atoms with E-state index in [-0.39, 0.29) is 11.8 Å². The van der Waals surface area contributed by atoms with Gasteiger partial charge in [0.2, 0.25) is 5.91 Å². The highest BCUT2D eigenvalue weighted by Crippen LogP contribution is 2.11. The van der Waals surface area contributed by atoms with E-state index in [4.69, 9.17) is 4.74 Å². The lowest BCUT2D eigenvalue weighted by molar-refractivity contribution is -0.142. The Bertz CT molecular complexity index is 800. The molecule has 2 aromatic rings. The summed E-state index contributed by atoms with van der Waals surface area (Å²) in [5.74, 6) is -1.08. The van der Waals surface area contributed by atoms with Crippen LogP contribution in [0, 0.1) is 6.92 Å². The van der Waals surface area contributed by atoms with Crippen molar-refractivity contribution in [2.75, 3.05) is 12.4 Å². The maximum atomic E-state index is 12.5. The first kappa shape index (κ1) is 19.2. The molecule has 0 bridgehead atoms. The van der Waals surface area contributed by atoms with E-state index in [0.29, 0.717) is 17.7 Å². The van der Waals surface area contributed by atoms with Crippen LogP contribution >= 0.6 is 0 Å². The number of aryl methyl sites for hydroxylation is 1. The van der Waals surface area contributed by atoms with Crippen molar-refractivity contribution in [1.29, 1.82) is 0 Å². The second kappa shape index (κ2) is 8.80. The normalized spacial score (nSPS) is 11.3. The van der Waals surface area contributed by atoms with Crippen molar-refractivity contribution in [3.8, 4) is 0 Å². The molecule has 2 rings (SSSR count). The molecule has 0 unspecified atom stereocenters. The lowest BCUT2D eigenvalue weighted by atomic mass is 10.0. The highest BCUT2D eigenvalue weighted by Gasteiger charge is 2.22. The maximum absolute atomic E-state index is 12.5. The van der Waals surface area contributed by atoms with Crippen molar-refractivity contribution in [2.24, 2.45) is 0 Å². The molecule has 2 N–H and O–H groups in total. The molecular formula is C20H22N2O4. The summed E-state index contributed by atoms with van der Waals surface area (Å²) in [7, 11) is 1.29. The number of esters is 1. The van der Waals surface area contributed by atoms with Gasteiger partial charge in [0.15, 0.2) is 0 Å². The lowest BCUT2D eigenvalue weighted by Crippen LogP contribution is -2.43. The van der Waals surface area contributed by atoms with E-state index in [1.165, 1.54) is 14.0 Å². The van der Waals surface area contributed by atoms with Gasteiger partial charge in [0.05, 0.1) is 7.11 Å². The first-order chi connectivity index (χ1) is 12.4. The Balaban J connectivity index is 2.10. The van der Waals surface area contributed by atoms with Gasteiger partial charge in [0, 0.05) is 24.6 Å². The zero-order valence-electron chi connectivity index (χ0n) is 15.0.